The first-order valence-corrected chi connectivity index (χ1v) is 7.38. The van der Waals surface area contributed by atoms with Gasteiger partial charge in [-0.15, -0.1) is 0 Å². The van der Waals surface area contributed by atoms with Crippen molar-refractivity contribution in [3.63, 3.8) is 0 Å². The highest BCUT2D eigenvalue weighted by atomic mass is 16.6. The van der Waals surface area contributed by atoms with Gasteiger partial charge in [0.1, 0.15) is 11.1 Å². The second kappa shape index (κ2) is 6.30. The monoisotopic (exact) mass is 372 g/mol. The van der Waals surface area contributed by atoms with Gasteiger partial charge in [0, 0.05) is 0 Å². The molecule has 1 heterocycles. The summed E-state index contributed by atoms with van der Waals surface area (Å²) in [7, 11) is 0. The van der Waals surface area contributed by atoms with Crippen molar-refractivity contribution >= 4 is 23.1 Å². The van der Waals surface area contributed by atoms with Crippen LogP contribution >= 0.6 is 0 Å². The van der Waals surface area contributed by atoms with Crippen LogP contribution in [-0.4, -0.2) is 42.6 Å². The second-order valence-corrected chi connectivity index (χ2v) is 5.53. The van der Waals surface area contributed by atoms with Crippen LogP contribution in [0.25, 0.3) is 11.1 Å². The van der Waals surface area contributed by atoms with Crippen molar-refractivity contribution in [2.45, 2.75) is 0 Å². The van der Waals surface area contributed by atoms with E-state index in [1.54, 1.807) is 0 Å². The van der Waals surface area contributed by atoms with Crippen molar-refractivity contribution in [3.05, 3.63) is 59.0 Å². The molecule has 0 radical (unpaired) electrons. The van der Waals surface area contributed by atoms with Crippen LogP contribution in [0.15, 0.2) is 47.9 Å². The number of benzene rings is 2. The highest BCUT2D eigenvalue weighted by Crippen LogP contribution is 2.39. The number of carbonyl (C=O) groups excluding carboxylic acids is 1. The molecule has 0 atom stereocenters. The molecule has 1 aliphatic rings. The van der Waals surface area contributed by atoms with E-state index in [4.69, 9.17) is 4.74 Å². The number of carbonyl (C=O) groups is 2. The van der Waals surface area contributed by atoms with Crippen LogP contribution in [0.2, 0.25) is 0 Å². The van der Waals surface area contributed by atoms with Crippen LogP contribution in [0.1, 0.15) is 11.1 Å². The maximum atomic E-state index is 12.2. The number of esters is 1. The summed E-state index contributed by atoms with van der Waals surface area (Å²) < 4.78 is 4.91. The molecule has 0 amide bonds. The zero-order chi connectivity index (χ0) is 19.9. The Balaban J connectivity index is 2.22. The second-order valence-electron chi connectivity index (χ2n) is 5.53. The third-order valence-corrected chi connectivity index (χ3v) is 3.82. The number of aliphatic hydroxyl groups is 1. The van der Waals surface area contributed by atoms with Crippen molar-refractivity contribution in [2.75, 3.05) is 0 Å². The summed E-state index contributed by atoms with van der Waals surface area (Å²) in [6.07, 6.45) is 0. The fraction of sp³-hybridized carbons (Fsp3) is 0. The number of aliphatic carboxylic acids is 1. The number of carboxylic acid groups (broad SMARTS) is 1. The average molecular weight is 372 g/mol. The Morgan fingerprint density at radius 1 is 0.815 bits per heavy atom. The molecule has 0 saturated carbocycles. The lowest BCUT2D eigenvalue weighted by Crippen LogP contribution is -2.06. The van der Waals surface area contributed by atoms with E-state index in [-0.39, 0.29) is 11.1 Å². The molecule has 1 aliphatic heterocycles. The largest absolute Gasteiger partial charge is 0.504 e. The van der Waals surface area contributed by atoms with Gasteiger partial charge in [-0.3, -0.25) is 0 Å². The Labute approximate surface area is 150 Å². The molecular formula is C18H12O9. The molecule has 6 N–H and O–H groups in total. The van der Waals surface area contributed by atoms with Crippen LogP contribution in [0.5, 0.6) is 23.0 Å². The molecule has 27 heavy (non-hydrogen) atoms. The number of aromatic hydroxyl groups is 4. The SMILES string of the molecule is O=C(O)C(=C1OC(=O)C(c2ccc(O)c(O)c2)=C1O)c1ccc(O)c(O)c1. The molecule has 0 saturated heterocycles. The number of rotatable bonds is 3. The Bertz CT molecular complexity index is 1050. The fourth-order valence-electron chi connectivity index (χ4n) is 2.54. The van der Waals surface area contributed by atoms with E-state index in [1.807, 2.05) is 0 Å². The average Bonchev–Trinajstić information content (AvgIpc) is 2.88. The van der Waals surface area contributed by atoms with Crippen molar-refractivity contribution < 1.29 is 45.0 Å². The first-order chi connectivity index (χ1) is 12.7. The molecule has 9 nitrogen and oxygen atoms in total. The molecule has 0 aliphatic carbocycles. The predicted octanol–water partition coefficient (Wildman–Crippen LogP) is 1.83. The lowest BCUT2D eigenvalue weighted by Gasteiger charge is -2.08. The Morgan fingerprint density at radius 3 is 1.96 bits per heavy atom. The number of cyclic esters (lactones) is 1. The summed E-state index contributed by atoms with van der Waals surface area (Å²) in [6, 6.07) is 6.41. The summed E-state index contributed by atoms with van der Waals surface area (Å²) in [4.78, 5) is 23.8. The van der Waals surface area contributed by atoms with Crippen LogP contribution in [0, 0.1) is 0 Å². The molecule has 138 valence electrons. The van der Waals surface area contributed by atoms with E-state index < -0.39 is 57.6 Å². The molecule has 0 aromatic heterocycles. The van der Waals surface area contributed by atoms with Gasteiger partial charge in [-0.05, 0) is 35.4 Å². The van der Waals surface area contributed by atoms with Gasteiger partial charge in [-0.25, -0.2) is 9.59 Å². The van der Waals surface area contributed by atoms with Gasteiger partial charge in [-0.1, -0.05) is 12.1 Å². The van der Waals surface area contributed by atoms with Crippen LogP contribution in [0.3, 0.4) is 0 Å². The molecule has 0 unspecified atom stereocenters. The van der Waals surface area contributed by atoms with Crippen LogP contribution in [0.4, 0.5) is 0 Å². The van der Waals surface area contributed by atoms with E-state index in [2.05, 4.69) is 0 Å². The lowest BCUT2D eigenvalue weighted by molar-refractivity contribution is -0.131. The number of carboxylic acids is 1. The number of phenolic OH excluding ortho intramolecular Hbond substituents is 4. The Kier molecular flexibility index (Phi) is 4.12. The van der Waals surface area contributed by atoms with E-state index in [1.165, 1.54) is 6.07 Å². The van der Waals surface area contributed by atoms with Gasteiger partial charge >= 0.3 is 11.9 Å². The first kappa shape index (κ1) is 17.7. The molecule has 0 spiro atoms. The quantitative estimate of drug-likeness (QED) is 0.268. The van der Waals surface area contributed by atoms with Gasteiger partial charge in [0.2, 0.25) is 0 Å². The molecule has 2 aromatic rings. The Morgan fingerprint density at radius 2 is 1.41 bits per heavy atom. The lowest BCUT2D eigenvalue weighted by atomic mass is 10.0. The van der Waals surface area contributed by atoms with Crippen molar-refractivity contribution in [1.82, 2.24) is 0 Å². The third-order valence-electron chi connectivity index (χ3n) is 3.82. The smallest absolute Gasteiger partial charge is 0.348 e. The molecule has 3 rings (SSSR count). The third kappa shape index (κ3) is 2.97. The van der Waals surface area contributed by atoms with Gasteiger partial charge in [0.05, 0.1) is 0 Å². The van der Waals surface area contributed by atoms with Gasteiger partial charge in [-0.2, -0.15) is 0 Å². The standard InChI is InChI=1S/C18H12O9/c19-9-3-1-7(5-11(9)21)13-15(23)16(27-18(13)26)14(17(24)25)8-2-4-10(20)12(22)6-8/h1-6,19-23H,(H,24,25). The number of ether oxygens (including phenoxy) is 1. The van der Waals surface area contributed by atoms with Gasteiger partial charge < -0.3 is 35.4 Å². The molecular weight excluding hydrogens is 360 g/mol. The summed E-state index contributed by atoms with van der Waals surface area (Å²) in [5, 5.41) is 57.7. The molecule has 2 aromatic carbocycles. The highest BCUT2D eigenvalue weighted by molar-refractivity contribution is 6.25. The van der Waals surface area contributed by atoms with Crippen LogP contribution in [-0.2, 0) is 14.3 Å². The summed E-state index contributed by atoms with van der Waals surface area (Å²) in [5.74, 6) is -6.21. The minimum absolute atomic E-state index is 0.0129. The van der Waals surface area contributed by atoms with Crippen molar-refractivity contribution in [3.8, 4) is 23.0 Å². The van der Waals surface area contributed by atoms with E-state index in [0.29, 0.717) is 0 Å². The van der Waals surface area contributed by atoms with Gasteiger partial charge in [0.25, 0.3) is 0 Å². The summed E-state index contributed by atoms with van der Waals surface area (Å²) in [5.41, 5.74) is -1.20. The number of hydrogen-bond acceptors (Lipinski definition) is 8. The first-order valence-electron chi connectivity index (χ1n) is 7.38. The normalized spacial score (nSPS) is 15.6. The number of phenols is 4. The van der Waals surface area contributed by atoms with E-state index >= 15 is 0 Å². The maximum absolute atomic E-state index is 12.2. The van der Waals surface area contributed by atoms with Crippen LogP contribution < -0.4 is 0 Å². The molecule has 0 fully saturated rings. The topological polar surface area (TPSA) is 165 Å². The van der Waals surface area contributed by atoms with E-state index in [9.17, 15) is 40.2 Å². The fourth-order valence-corrected chi connectivity index (χ4v) is 2.54. The minimum Gasteiger partial charge on any atom is -0.504 e. The highest BCUT2D eigenvalue weighted by Gasteiger charge is 2.36. The minimum atomic E-state index is -1.57. The summed E-state index contributed by atoms with van der Waals surface area (Å²) >= 11 is 0. The summed E-state index contributed by atoms with van der Waals surface area (Å²) in [6.45, 7) is 0. The Hall–Kier alpha value is -4.14. The zero-order valence-corrected chi connectivity index (χ0v) is 13.4. The predicted molar refractivity (Wildman–Crippen MR) is 89.7 cm³/mol. The van der Waals surface area contributed by atoms with E-state index in [0.717, 1.165) is 30.3 Å². The molecule has 9 heteroatoms. The number of hydrogen-bond donors (Lipinski definition) is 6. The van der Waals surface area contributed by atoms with Gasteiger partial charge in [0.15, 0.2) is 34.5 Å². The maximum Gasteiger partial charge on any atom is 0.348 e. The molecule has 0 bridgehead atoms. The van der Waals surface area contributed by atoms with Crippen molar-refractivity contribution in [2.24, 2.45) is 0 Å². The number of aliphatic hydroxyl groups excluding tert-OH is 1. The van der Waals surface area contributed by atoms with Crippen molar-refractivity contribution in [1.29, 1.82) is 0 Å². The zero-order valence-electron chi connectivity index (χ0n) is 13.4.